The number of methoxy groups -OCH3 is 1. The van der Waals surface area contributed by atoms with E-state index in [1.807, 2.05) is 35.8 Å². The van der Waals surface area contributed by atoms with Crippen LogP contribution in [0.25, 0.3) is 10.9 Å². The van der Waals surface area contributed by atoms with Gasteiger partial charge in [0.05, 0.1) is 25.3 Å². The highest BCUT2D eigenvalue weighted by Gasteiger charge is 2.49. The molecule has 3 heterocycles. The number of fused-ring (bicyclic) bond motifs is 3. The van der Waals surface area contributed by atoms with Crippen molar-refractivity contribution in [2.75, 3.05) is 20.3 Å². The zero-order valence-electron chi connectivity index (χ0n) is 20.5. The average Bonchev–Trinajstić information content (AvgIpc) is 3.46. The van der Waals surface area contributed by atoms with Gasteiger partial charge >= 0.3 is 0 Å². The van der Waals surface area contributed by atoms with E-state index >= 15 is 0 Å². The summed E-state index contributed by atoms with van der Waals surface area (Å²) in [6.07, 6.45) is 9.96. The third-order valence-corrected chi connectivity index (χ3v) is 7.98. The van der Waals surface area contributed by atoms with Crippen molar-refractivity contribution < 1.29 is 19.1 Å². The summed E-state index contributed by atoms with van der Waals surface area (Å²) in [5.41, 5.74) is 0.551. The van der Waals surface area contributed by atoms with Crippen molar-refractivity contribution in [2.45, 2.75) is 88.9 Å². The molecule has 0 bridgehead atoms. The first-order valence-electron chi connectivity index (χ1n) is 12.9. The number of hydrogen-bond acceptors (Lipinski definition) is 4. The average molecular weight is 468 g/mol. The Balaban J connectivity index is 1.49. The van der Waals surface area contributed by atoms with Gasteiger partial charge in [-0.25, -0.2) is 0 Å². The maximum absolute atomic E-state index is 13.9. The second-order valence-corrected chi connectivity index (χ2v) is 10.4. The number of nitrogens with one attached hydrogen (secondary N) is 1. The molecule has 3 aliphatic rings. The summed E-state index contributed by atoms with van der Waals surface area (Å²) >= 11 is 0. The van der Waals surface area contributed by atoms with Crippen LogP contribution >= 0.6 is 0 Å². The lowest BCUT2D eigenvalue weighted by Crippen LogP contribution is -2.66. The normalized spacial score (nSPS) is 26.2. The highest BCUT2D eigenvalue weighted by atomic mass is 16.5. The quantitative estimate of drug-likeness (QED) is 0.713. The van der Waals surface area contributed by atoms with Gasteiger partial charge in [-0.05, 0) is 50.8 Å². The predicted octanol–water partition coefficient (Wildman–Crippen LogP) is 4.27. The summed E-state index contributed by atoms with van der Waals surface area (Å²) in [4.78, 5) is 29.6. The van der Waals surface area contributed by atoms with E-state index in [1.54, 1.807) is 12.0 Å². The molecule has 1 saturated carbocycles. The lowest BCUT2D eigenvalue weighted by Gasteiger charge is -2.45. The van der Waals surface area contributed by atoms with Gasteiger partial charge in [-0.2, -0.15) is 0 Å². The highest BCUT2D eigenvalue weighted by Crippen LogP contribution is 2.35. The van der Waals surface area contributed by atoms with Crippen LogP contribution < -0.4 is 10.1 Å². The molecule has 0 spiro atoms. The smallest absolute Gasteiger partial charge is 0.271 e. The minimum Gasteiger partial charge on any atom is -0.497 e. The van der Waals surface area contributed by atoms with Crippen molar-refractivity contribution in [3.63, 3.8) is 0 Å². The first kappa shape index (κ1) is 23.2. The first-order chi connectivity index (χ1) is 16.5. The lowest BCUT2D eigenvalue weighted by molar-refractivity contribution is -0.134. The topological polar surface area (TPSA) is 72.8 Å². The molecule has 1 saturated heterocycles. The Kier molecular flexibility index (Phi) is 6.56. The molecule has 2 aliphatic heterocycles. The molecule has 7 heteroatoms. The second-order valence-electron chi connectivity index (χ2n) is 10.4. The van der Waals surface area contributed by atoms with Crippen LogP contribution in [0.1, 0.15) is 75.2 Å². The van der Waals surface area contributed by atoms with E-state index in [9.17, 15) is 9.59 Å². The molecular formula is C27H37N3O4. The monoisotopic (exact) mass is 467 g/mol. The fraction of sp³-hybridized carbons (Fsp3) is 0.630. The van der Waals surface area contributed by atoms with Crippen molar-refractivity contribution in [2.24, 2.45) is 0 Å². The third-order valence-electron chi connectivity index (χ3n) is 7.98. The molecule has 2 amide bonds. The maximum Gasteiger partial charge on any atom is 0.271 e. The summed E-state index contributed by atoms with van der Waals surface area (Å²) in [6.45, 7) is 3.50. The Morgan fingerprint density at radius 1 is 1.12 bits per heavy atom. The van der Waals surface area contributed by atoms with Gasteiger partial charge in [-0.3, -0.25) is 9.59 Å². The molecule has 0 radical (unpaired) electrons. The first-order valence-corrected chi connectivity index (χ1v) is 12.9. The number of ether oxygens (including phenoxy) is 2. The molecule has 0 unspecified atom stereocenters. The predicted molar refractivity (Wildman–Crippen MR) is 131 cm³/mol. The van der Waals surface area contributed by atoms with E-state index in [2.05, 4.69) is 5.32 Å². The Morgan fingerprint density at radius 3 is 2.59 bits per heavy atom. The van der Waals surface area contributed by atoms with Crippen LogP contribution in [0.3, 0.4) is 0 Å². The molecule has 1 aromatic heterocycles. The van der Waals surface area contributed by atoms with E-state index in [1.165, 1.54) is 19.3 Å². The zero-order valence-corrected chi connectivity index (χ0v) is 20.5. The number of benzene rings is 1. The van der Waals surface area contributed by atoms with Crippen molar-refractivity contribution >= 4 is 22.7 Å². The number of aromatic nitrogens is 1. The second kappa shape index (κ2) is 9.61. The van der Waals surface area contributed by atoms with Crippen LogP contribution in [-0.4, -0.2) is 59.2 Å². The van der Waals surface area contributed by atoms with Crippen molar-refractivity contribution in [1.82, 2.24) is 14.8 Å². The van der Waals surface area contributed by atoms with Crippen LogP contribution in [0, 0.1) is 0 Å². The SMILES string of the molecule is COc1ccc2cc3n(c2c1)C[C@@](C)(C(=O)NC1CCCCCCC1)N(C[C@@H]1CCCO1)C3=O. The van der Waals surface area contributed by atoms with E-state index in [-0.39, 0.29) is 24.0 Å². The van der Waals surface area contributed by atoms with Gasteiger partial charge in [-0.1, -0.05) is 32.1 Å². The van der Waals surface area contributed by atoms with Crippen LogP contribution in [0.15, 0.2) is 24.3 Å². The van der Waals surface area contributed by atoms with Crippen molar-refractivity contribution in [3.05, 3.63) is 30.0 Å². The number of rotatable bonds is 5. The number of hydrogen-bond donors (Lipinski definition) is 1. The fourth-order valence-electron chi connectivity index (χ4n) is 5.88. The van der Waals surface area contributed by atoms with Crippen LogP contribution in [0.4, 0.5) is 0 Å². The molecule has 2 atom stereocenters. The summed E-state index contributed by atoms with van der Waals surface area (Å²) < 4.78 is 13.3. The zero-order chi connectivity index (χ0) is 23.7. The Bertz CT molecular complexity index is 1050. The molecule has 1 aliphatic carbocycles. The number of carbonyl (C=O) groups is 2. The number of amides is 2. The van der Waals surface area contributed by atoms with Crippen LogP contribution in [0.5, 0.6) is 5.75 Å². The van der Waals surface area contributed by atoms with Gasteiger partial charge in [0, 0.05) is 30.6 Å². The molecule has 7 nitrogen and oxygen atoms in total. The largest absolute Gasteiger partial charge is 0.497 e. The van der Waals surface area contributed by atoms with Gasteiger partial charge in [0.15, 0.2) is 0 Å². The van der Waals surface area contributed by atoms with Gasteiger partial charge in [-0.15, -0.1) is 0 Å². The van der Waals surface area contributed by atoms with Crippen LogP contribution in [0.2, 0.25) is 0 Å². The minimum atomic E-state index is -0.993. The Labute approximate surface area is 201 Å². The van der Waals surface area contributed by atoms with Crippen molar-refractivity contribution in [3.8, 4) is 5.75 Å². The van der Waals surface area contributed by atoms with Gasteiger partial charge in [0.2, 0.25) is 5.91 Å². The summed E-state index contributed by atoms with van der Waals surface area (Å²) in [6, 6.07) is 7.94. The Morgan fingerprint density at radius 2 is 1.88 bits per heavy atom. The third kappa shape index (κ3) is 4.30. The summed E-state index contributed by atoms with van der Waals surface area (Å²) in [7, 11) is 1.64. The standard InChI is InChI=1S/C27H37N3O4/c1-27(26(32)28-20-9-6-4-3-5-7-10-20)18-29-23-16-21(33-2)13-12-19(23)15-24(29)25(31)30(27)17-22-11-8-14-34-22/h12-13,15-16,20,22H,3-11,14,17-18H2,1-2H3,(H,28,32)/t22-,27-/m0/s1. The maximum atomic E-state index is 13.9. The van der Waals surface area contributed by atoms with Gasteiger partial charge < -0.3 is 24.3 Å². The molecule has 5 rings (SSSR count). The molecule has 34 heavy (non-hydrogen) atoms. The summed E-state index contributed by atoms with van der Waals surface area (Å²) in [5, 5.41) is 4.33. The minimum absolute atomic E-state index is 0.0199. The van der Waals surface area contributed by atoms with E-state index in [0.29, 0.717) is 18.8 Å². The lowest BCUT2D eigenvalue weighted by atomic mass is 9.91. The molecule has 2 fully saturated rings. The van der Waals surface area contributed by atoms with Crippen molar-refractivity contribution in [1.29, 1.82) is 0 Å². The molecule has 1 aromatic carbocycles. The van der Waals surface area contributed by atoms with Gasteiger partial charge in [0.1, 0.15) is 17.0 Å². The van der Waals surface area contributed by atoms with E-state index in [4.69, 9.17) is 9.47 Å². The Hall–Kier alpha value is -2.54. The highest BCUT2D eigenvalue weighted by molar-refractivity contribution is 6.03. The van der Waals surface area contributed by atoms with E-state index in [0.717, 1.165) is 61.8 Å². The molecule has 184 valence electrons. The fourth-order valence-corrected chi connectivity index (χ4v) is 5.88. The number of nitrogens with zero attached hydrogens (tertiary/aromatic N) is 2. The molecule has 1 N–H and O–H groups in total. The van der Waals surface area contributed by atoms with E-state index < -0.39 is 5.54 Å². The molecular weight excluding hydrogens is 430 g/mol. The van der Waals surface area contributed by atoms with Gasteiger partial charge in [0.25, 0.3) is 5.91 Å². The summed E-state index contributed by atoms with van der Waals surface area (Å²) in [5.74, 6) is 0.579. The molecule has 2 aromatic rings. The number of carbonyl (C=O) groups excluding carboxylic acids is 2. The van der Waals surface area contributed by atoms with Crippen LogP contribution in [-0.2, 0) is 16.1 Å².